The molecule has 1 N–H and O–H groups in total. The summed E-state index contributed by atoms with van der Waals surface area (Å²) in [4.78, 5) is 13.1. The topological polar surface area (TPSA) is 78.5 Å². The molecule has 7 nitrogen and oxygen atoms in total. The number of aromatic nitrogens is 3. The van der Waals surface area contributed by atoms with Crippen LogP contribution in [0.15, 0.2) is 54.6 Å². The van der Waals surface area contributed by atoms with E-state index in [0.29, 0.717) is 54.0 Å². The second-order valence-corrected chi connectivity index (χ2v) is 11.9. The number of carboxylic acid groups (broad SMARTS) is 1. The predicted octanol–water partition coefficient (Wildman–Crippen LogP) is 7.16. The first-order valence-electron chi connectivity index (χ1n) is 15.4. The zero-order valence-corrected chi connectivity index (χ0v) is 25.2. The highest BCUT2D eigenvalue weighted by Crippen LogP contribution is 2.41. The molecule has 3 heterocycles. The molecule has 0 saturated carbocycles. The quantitative estimate of drug-likeness (QED) is 0.212. The van der Waals surface area contributed by atoms with Crippen molar-refractivity contribution < 1.29 is 23.8 Å². The summed E-state index contributed by atoms with van der Waals surface area (Å²) in [6, 6.07) is 17.3. The van der Waals surface area contributed by atoms with Crippen molar-refractivity contribution in [2.24, 2.45) is 7.05 Å². The van der Waals surface area contributed by atoms with Crippen molar-refractivity contribution in [2.75, 3.05) is 6.61 Å². The number of hydrogen-bond donors (Lipinski definition) is 1. The fourth-order valence-electron chi connectivity index (χ4n) is 7.08. The van der Waals surface area contributed by atoms with Gasteiger partial charge in [0, 0.05) is 35.8 Å². The van der Waals surface area contributed by atoms with Gasteiger partial charge in [0.25, 0.3) is 0 Å². The number of carbonyl (C=O) groups is 1. The fraction of sp³-hybridized carbons (Fsp3) is 0.333. The van der Waals surface area contributed by atoms with Gasteiger partial charge in [0.1, 0.15) is 17.3 Å². The molecule has 44 heavy (non-hydrogen) atoms. The van der Waals surface area contributed by atoms with E-state index in [1.54, 1.807) is 15.3 Å². The minimum Gasteiger partial charge on any atom is -0.493 e. The van der Waals surface area contributed by atoms with Gasteiger partial charge in [-0.25, -0.2) is 9.18 Å². The average molecular weight is 594 g/mol. The van der Waals surface area contributed by atoms with E-state index in [2.05, 4.69) is 17.2 Å². The maximum absolute atomic E-state index is 16.1. The van der Waals surface area contributed by atoms with Gasteiger partial charge < -0.3 is 19.1 Å². The summed E-state index contributed by atoms with van der Waals surface area (Å²) >= 11 is 0. The first-order valence-corrected chi connectivity index (χ1v) is 15.4. The maximum atomic E-state index is 16.1. The summed E-state index contributed by atoms with van der Waals surface area (Å²) < 4.78 is 32.0. The molecule has 2 aliphatic rings. The van der Waals surface area contributed by atoms with Crippen molar-refractivity contribution in [3.63, 3.8) is 0 Å². The molecular formula is C36H36FN3O4. The van der Waals surface area contributed by atoms with Crippen molar-refractivity contribution in [3.05, 3.63) is 105 Å². The standard InChI is InChI=1S/C36H36FN3O4/c1-22-32-30(38-39(22)2)21-43-20-25-11-4-3-10-24(25)19-40-34-28(16-17-29(37)33(32)34)27(35(40)36(41)42)14-8-18-44-31-15-7-12-23-9-5-6-13-26(23)31/h3-4,7,10-12,15-17H,5-6,8-9,13-14,18-21H2,1-2H3,(H,41,42). The van der Waals surface area contributed by atoms with Crippen LogP contribution in [0, 0.1) is 12.7 Å². The van der Waals surface area contributed by atoms with Crippen LogP contribution in [0.1, 0.15) is 69.0 Å². The summed E-state index contributed by atoms with van der Waals surface area (Å²) in [5, 5.41) is 16.1. The summed E-state index contributed by atoms with van der Waals surface area (Å²) in [5.41, 5.74) is 8.44. The van der Waals surface area contributed by atoms with E-state index in [1.165, 1.54) is 30.0 Å². The van der Waals surface area contributed by atoms with Gasteiger partial charge >= 0.3 is 5.97 Å². The molecule has 0 fully saturated rings. The Balaban J connectivity index is 1.35. The lowest BCUT2D eigenvalue weighted by Gasteiger charge is -2.19. The average Bonchev–Trinajstić information content (AvgIpc) is 3.47. The Morgan fingerprint density at radius 1 is 1.00 bits per heavy atom. The molecule has 226 valence electrons. The minimum atomic E-state index is -1.03. The van der Waals surface area contributed by atoms with Crippen LogP contribution in [0.2, 0.25) is 0 Å². The van der Waals surface area contributed by atoms with Crippen LogP contribution < -0.4 is 4.74 Å². The van der Waals surface area contributed by atoms with Crippen LogP contribution in [0.4, 0.5) is 4.39 Å². The molecule has 0 spiro atoms. The van der Waals surface area contributed by atoms with E-state index in [4.69, 9.17) is 9.47 Å². The third-order valence-corrected chi connectivity index (χ3v) is 9.26. The Hall–Kier alpha value is -4.43. The third-order valence-electron chi connectivity index (χ3n) is 9.26. The van der Waals surface area contributed by atoms with E-state index in [9.17, 15) is 9.90 Å². The predicted molar refractivity (Wildman–Crippen MR) is 167 cm³/mol. The van der Waals surface area contributed by atoms with Crippen molar-refractivity contribution in [2.45, 2.75) is 65.2 Å². The van der Waals surface area contributed by atoms with Crippen LogP contribution >= 0.6 is 0 Å². The highest BCUT2D eigenvalue weighted by atomic mass is 19.1. The smallest absolute Gasteiger partial charge is 0.352 e. The van der Waals surface area contributed by atoms with Crippen LogP contribution in [0.3, 0.4) is 0 Å². The van der Waals surface area contributed by atoms with Gasteiger partial charge in [0.15, 0.2) is 0 Å². The third kappa shape index (κ3) is 4.87. The lowest BCUT2D eigenvalue weighted by Crippen LogP contribution is -2.13. The van der Waals surface area contributed by atoms with Crippen LogP contribution in [0.5, 0.6) is 5.75 Å². The van der Waals surface area contributed by atoms with Crippen LogP contribution in [-0.4, -0.2) is 32.0 Å². The SMILES string of the molecule is Cc1c2c(nn1C)COCc1ccccc1Cn1c(C(=O)O)c(CCCOc3cccc4c3CCCC4)c3ccc(F)c-2c31. The summed E-state index contributed by atoms with van der Waals surface area (Å²) in [7, 11) is 1.83. The lowest BCUT2D eigenvalue weighted by molar-refractivity contribution is 0.0684. The first-order chi connectivity index (χ1) is 21.4. The Kier molecular flexibility index (Phi) is 7.46. The number of halogens is 1. The van der Waals surface area contributed by atoms with E-state index in [0.717, 1.165) is 40.8 Å². The Morgan fingerprint density at radius 3 is 2.64 bits per heavy atom. The number of fused-ring (bicyclic) bond motifs is 4. The molecule has 0 amide bonds. The highest BCUT2D eigenvalue weighted by Gasteiger charge is 2.30. The molecule has 8 heteroatoms. The molecule has 0 radical (unpaired) electrons. The van der Waals surface area contributed by atoms with E-state index < -0.39 is 11.8 Å². The van der Waals surface area contributed by atoms with E-state index in [1.807, 2.05) is 44.3 Å². The molecule has 0 saturated heterocycles. The number of nitrogens with zero attached hydrogens (tertiary/aromatic N) is 3. The summed E-state index contributed by atoms with van der Waals surface area (Å²) in [6.07, 6.45) is 5.59. The molecule has 0 unspecified atom stereocenters. The van der Waals surface area contributed by atoms with Gasteiger partial charge in [-0.15, -0.1) is 0 Å². The van der Waals surface area contributed by atoms with Crippen molar-refractivity contribution in [1.29, 1.82) is 0 Å². The molecule has 7 rings (SSSR count). The number of rotatable bonds is 6. The highest BCUT2D eigenvalue weighted by molar-refractivity contribution is 6.04. The van der Waals surface area contributed by atoms with E-state index >= 15 is 4.39 Å². The molecule has 1 aliphatic heterocycles. The minimum absolute atomic E-state index is 0.182. The number of aryl methyl sites for hydroxylation is 3. The number of ether oxygens (including phenoxy) is 2. The largest absolute Gasteiger partial charge is 0.493 e. The maximum Gasteiger partial charge on any atom is 0.352 e. The molecule has 3 aromatic carbocycles. The lowest BCUT2D eigenvalue weighted by atomic mass is 9.91. The van der Waals surface area contributed by atoms with Gasteiger partial charge in [-0.2, -0.15) is 5.10 Å². The number of benzene rings is 3. The second-order valence-electron chi connectivity index (χ2n) is 11.9. The number of carboxylic acids is 1. The number of hydrogen-bond acceptors (Lipinski definition) is 4. The molecular weight excluding hydrogens is 557 g/mol. The monoisotopic (exact) mass is 593 g/mol. The molecule has 0 bridgehead atoms. The molecule has 1 aliphatic carbocycles. The molecule has 2 aromatic heterocycles. The summed E-state index contributed by atoms with van der Waals surface area (Å²) in [5.74, 6) is -0.519. The number of aromatic carboxylic acids is 1. The van der Waals surface area contributed by atoms with Crippen molar-refractivity contribution in [3.8, 4) is 16.9 Å². The van der Waals surface area contributed by atoms with Crippen LogP contribution in [0.25, 0.3) is 22.0 Å². The Morgan fingerprint density at radius 2 is 1.80 bits per heavy atom. The summed E-state index contributed by atoms with van der Waals surface area (Å²) in [6.45, 7) is 3.19. The molecule has 5 aromatic rings. The zero-order valence-electron chi connectivity index (χ0n) is 25.2. The van der Waals surface area contributed by atoms with Gasteiger partial charge in [-0.05, 0) is 91.5 Å². The Labute approximate surface area is 255 Å². The van der Waals surface area contributed by atoms with Gasteiger partial charge in [-0.3, -0.25) is 4.68 Å². The van der Waals surface area contributed by atoms with Crippen LogP contribution in [-0.2, 0) is 50.8 Å². The first kappa shape index (κ1) is 28.3. The van der Waals surface area contributed by atoms with Gasteiger partial charge in [0.05, 0.1) is 31.0 Å². The van der Waals surface area contributed by atoms with E-state index in [-0.39, 0.29) is 18.8 Å². The Bertz CT molecular complexity index is 1900. The molecule has 0 atom stereocenters. The fourth-order valence-corrected chi connectivity index (χ4v) is 7.08. The van der Waals surface area contributed by atoms with Crippen molar-refractivity contribution in [1.82, 2.24) is 14.3 Å². The zero-order chi connectivity index (χ0) is 30.4. The van der Waals surface area contributed by atoms with Crippen molar-refractivity contribution >= 4 is 16.9 Å². The second kappa shape index (κ2) is 11.6. The van der Waals surface area contributed by atoms with Gasteiger partial charge in [0.2, 0.25) is 0 Å². The normalized spacial score (nSPS) is 14.4. The van der Waals surface area contributed by atoms with Gasteiger partial charge in [-0.1, -0.05) is 36.4 Å².